The number of rotatable bonds is 4. The number of carbonyl (C=O) groups excluding carboxylic acids is 1. The molecule has 0 aromatic heterocycles. The number of nitro benzene ring substituents is 1. The van der Waals surface area contributed by atoms with Crippen LogP contribution >= 0.6 is 0 Å². The Morgan fingerprint density at radius 2 is 1.81 bits per heavy atom. The third-order valence-corrected chi connectivity index (χ3v) is 3.63. The number of aldehydes is 1. The molecule has 86 valence electrons. The fourth-order valence-electron chi connectivity index (χ4n) is 0.988. The molecular weight excluding hydrogens is 236 g/mol. The smallest absolute Gasteiger partial charge is 0.269 e. The molecule has 2 N–H and O–H groups in total. The number of sulfone groups is 1. The number of non-ortho nitro benzene ring substituents is 1. The van der Waals surface area contributed by atoms with Crippen molar-refractivity contribution in [2.75, 3.05) is 0 Å². The summed E-state index contributed by atoms with van der Waals surface area (Å²) in [6, 6.07) is 4.14. The van der Waals surface area contributed by atoms with Crippen LogP contribution in [0.1, 0.15) is 0 Å². The van der Waals surface area contributed by atoms with Crippen LogP contribution in [0.15, 0.2) is 29.2 Å². The Morgan fingerprint density at radius 1 is 1.31 bits per heavy atom. The zero-order valence-electron chi connectivity index (χ0n) is 7.94. The van der Waals surface area contributed by atoms with Gasteiger partial charge in [0.25, 0.3) is 5.69 Å². The zero-order chi connectivity index (χ0) is 12.3. The first-order chi connectivity index (χ1) is 7.39. The van der Waals surface area contributed by atoms with Crippen LogP contribution in [-0.2, 0) is 14.6 Å². The molecule has 0 saturated carbocycles. The quantitative estimate of drug-likeness (QED) is 0.446. The van der Waals surface area contributed by atoms with Gasteiger partial charge in [-0.25, -0.2) is 8.42 Å². The van der Waals surface area contributed by atoms with Gasteiger partial charge < -0.3 is 10.5 Å². The number of benzene rings is 1. The van der Waals surface area contributed by atoms with Crippen molar-refractivity contribution in [1.82, 2.24) is 0 Å². The SMILES string of the molecule is NC(C=O)S(=O)(=O)c1ccc([N+](=O)[O-])cc1. The minimum atomic E-state index is -3.94. The lowest BCUT2D eigenvalue weighted by molar-refractivity contribution is -0.384. The van der Waals surface area contributed by atoms with Crippen molar-refractivity contribution in [3.05, 3.63) is 34.4 Å². The number of nitro groups is 1. The van der Waals surface area contributed by atoms with E-state index in [2.05, 4.69) is 0 Å². The minimum absolute atomic E-state index is 0.0940. The molecule has 8 heteroatoms. The normalized spacial score (nSPS) is 13.1. The standard InChI is InChI=1S/C8H8N2O5S/c9-8(5-11)16(14,15)7-3-1-6(2-4-7)10(12)13/h1-5,8H,9H2. The van der Waals surface area contributed by atoms with Gasteiger partial charge in [-0.1, -0.05) is 0 Å². The highest BCUT2D eigenvalue weighted by Gasteiger charge is 2.23. The Labute approximate surface area is 90.9 Å². The molecular formula is C8H8N2O5S. The zero-order valence-corrected chi connectivity index (χ0v) is 8.75. The molecule has 16 heavy (non-hydrogen) atoms. The highest BCUT2D eigenvalue weighted by Crippen LogP contribution is 2.17. The maximum atomic E-state index is 11.5. The van der Waals surface area contributed by atoms with Gasteiger partial charge in [-0.3, -0.25) is 10.1 Å². The first-order valence-electron chi connectivity index (χ1n) is 4.09. The van der Waals surface area contributed by atoms with E-state index >= 15 is 0 Å². The summed E-state index contributed by atoms with van der Waals surface area (Å²) in [5, 5.41) is 8.67. The van der Waals surface area contributed by atoms with E-state index in [4.69, 9.17) is 5.73 Å². The first-order valence-corrected chi connectivity index (χ1v) is 5.63. The van der Waals surface area contributed by atoms with E-state index in [0.29, 0.717) is 0 Å². The van der Waals surface area contributed by atoms with E-state index < -0.39 is 20.1 Å². The van der Waals surface area contributed by atoms with E-state index in [0.717, 1.165) is 24.3 Å². The Morgan fingerprint density at radius 3 is 2.19 bits per heavy atom. The van der Waals surface area contributed by atoms with Gasteiger partial charge in [0.15, 0.2) is 11.7 Å². The lowest BCUT2D eigenvalue weighted by Gasteiger charge is -2.05. The van der Waals surface area contributed by atoms with Crippen molar-refractivity contribution in [1.29, 1.82) is 0 Å². The van der Waals surface area contributed by atoms with E-state index in [1.807, 2.05) is 0 Å². The van der Waals surface area contributed by atoms with Crippen LogP contribution in [0, 0.1) is 10.1 Å². The summed E-state index contributed by atoms with van der Waals surface area (Å²) in [5.74, 6) is 0. The molecule has 1 rings (SSSR count). The summed E-state index contributed by atoms with van der Waals surface area (Å²) in [5.41, 5.74) is 4.85. The predicted octanol–water partition coefficient (Wildman–Crippen LogP) is -0.148. The molecule has 7 nitrogen and oxygen atoms in total. The van der Waals surface area contributed by atoms with Crippen molar-refractivity contribution in [2.45, 2.75) is 10.3 Å². The van der Waals surface area contributed by atoms with E-state index in [1.165, 1.54) is 0 Å². The number of hydrogen-bond acceptors (Lipinski definition) is 6. The molecule has 0 aliphatic rings. The summed E-state index contributed by atoms with van der Waals surface area (Å²) < 4.78 is 23.0. The van der Waals surface area contributed by atoms with Crippen molar-refractivity contribution in [3.8, 4) is 0 Å². The van der Waals surface area contributed by atoms with Gasteiger partial charge in [0.05, 0.1) is 9.82 Å². The molecule has 1 unspecified atom stereocenters. The molecule has 1 aromatic rings. The molecule has 0 spiro atoms. The maximum absolute atomic E-state index is 11.5. The molecule has 0 bridgehead atoms. The average Bonchev–Trinajstić information content (AvgIpc) is 2.28. The van der Waals surface area contributed by atoms with Crippen LogP contribution in [0.2, 0.25) is 0 Å². The minimum Gasteiger partial charge on any atom is -0.309 e. The maximum Gasteiger partial charge on any atom is 0.269 e. The van der Waals surface area contributed by atoms with Crippen LogP contribution in [0.5, 0.6) is 0 Å². The lowest BCUT2D eigenvalue weighted by atomic mass is 10.3. The fraction of sp³-hybridized carbons (Fsp3) is 0.125. The Bertz CT molecular complexity index is 508. The lowest BCUT2D eigenvalue weighted by Crippen LogP contribution is -2.31. The summed E-state index contributed by atoms with van der Waals surface area (Å²) in [4.78, 5) is 19.7. The molecule has 0 fully saturated rings. The molecule has 0 amide bonds. The van der Waals surface area contributed by atoms with Gasteiger partial charge >= 0.3 is 0 Å². The van der Waals surface area contributed by atoms with E-state index in [-0.39, 0.29) is 16.9 Å². The summed E-state index contributed by atoms with van der Waals surface area (Å²) in [6.45, 7) is 0. The highest BCUT2D eigenvalue weighted by molar-refractivity contribution is 7.92. The summed E-state index contributed by atoms with van der Waals surface area (Å²) in [6.07, 6.45) is 0.0940. The van der Waals surface area contributed by atoms with Gasteiger partial charge in [-0.15, -0.1) is 0 Å². The molecule has 0 aliphatic heterocycles. The Balaban J connectivity index is 3.16. The predicted molar refractivity (Wildman–Crippen MR) is 54.3 cm³/mol. The van der Waals surface area contributed by atoms with Crippen LogP contribution < -0.4 is 5.73 Å². The van der Waals surface area contributed by atoms with Crippen molar-refractivity contribution in [2.24, 2.45) is 5.73 Å². The third-order valence-electron chi connectivity index (χ3n) is 1.87. The summed E-state index contributed by atoms with van der Waals surface area (Å²) in [7, 11) is -3.94. The molecule has 1 aromatic carbocycles. The second kappa shape index (κ2) is 4.37. The van der Waals surface area contributed by atoms with Crippen LogP contribution in [0.25, 0.3) is 0 Å². The molecule has 1 atom stereocenters. The van der Waals surface area contributed by atoms with E-state index in [1.54, 1.807) is 0 Å². The van der Waals surface area contributed by atoms with Gasteiger partial charge in [-0.05, 0) is 12.1 Å². The highest BCUT2D eigenvalue weighted by atomic mass is 32.2. The van der Waals surface area contributed by atoms with Crippen molar-refractivity contribution >= 4 is 21.8 Å². The summed E-state index contributed by atoms with van der Waals surface area (Å²) >= 11 is 0. The van der Waals surface area contributed by atoms with Gasteiger partial charge in [0, 0.05) is 12.1 Å². The van der Waals surface area contributed by atoms with Gasteiger partial charge in [0.2, 0.25) is 9.84 Å². The van der Waals surface area contributed by atoms with Crippen LogP contribution in [0.4, 0.5) is 5.69 Å². The number of carbonyl (C=O) groups is 1. The molecule has 0 saturated heterocycles. The molecule has 0 heterocycles. The van der Waals surface area contributed by atoms with Crippen LogP contribution in [-0.4, -0.2) is 25.0 Å². The van der Waals surface area contributed by atoms with Gasteiger partial charge in [0.1, 0.15) is 0 Å². The first kappa shape index (κ1) is 12.3. The second-order valence-corrected chi connectivity index (χ2v) is 5.00. The number of hydrogen-bond donors (Lipinski definition) is 1. The Kier molecular flexibility index (Phi) is 3.35. The second-order valence-electron chi connectivity index (χ2n) is 2.90. The molecule has 0 radical (unpaired) electrons. The largest absolute Gasteiger partial charge is 0.309 e. The monoisotopic (exact) mass is 244 g/mol. The van der Waals surface area contributed by atoms with Crippen LogP contribution in [0.3, 0.4) is 0 Å². The average molecular weight is 244 g/mol. The fourth-order valence-corrected chi connectivity index (χ4v) is 1.96. The third kappa shape index (κ3) is 2.23. The Hall–Kier alpha value is -1.80. The van der Waals surface area contributed by atoms with Gasteiger partial charge in [-0.2, -0.15) is 0 Å². The van der Waals surface area contributed by atoms with E-state index in [9.17, 15) is 23.3 Å². The van der Waals surface area contributed by atoms with Crippen molar-refractivity contribution < 1.29 is 18.1 Å². The molecule has 0 aliphatic carbocycles. The number of nitrogens with two attached hydrogens (primary N) is 1. The van der Waals surface area contributed by atoms with Crippen molar-refractivity contribution in [3.63, 3.8) is 0 Å². The number of nitrogens with zero attached hydrogens (tertiary/aromatic N) is 1. The topological polar surface area (TPSA) is 120 Å².